The van der Waals surface area contributed by atoms with Gasteiger partial charge in [-0.1, -0.05) is 36.5 Å². The molecule has 0 aliphatic rings. The SMILES string of the molecule is CCCCSc1cc(Cl)ccc1Cl. The third kappa shape index (κ3) is 3.80. The van der Waals surface area contributed by atoms with Crippen LogP contribution in [0, 0.1) is 0 Å². The Morgan fingerprint density at radius 2 is 2.08 bits per heavy atom. The Kier molecular flexibility index (Phi) is 5.00. The molecule has 0 aliphatic carbocycles. The lowest BCUT2D eigenvalue weighted by atomic mass is 10.4. The summed E-state index contributed by atoms with van der Waals surface area (Å²) in [5.74, 6) is 1.11. The topological polar surface area (TPSA) is 0 Å². The molecule has 0 saturated heterocycles. The van der Waals surface area contributed by atoms with E-state index in [-0.39, 0.29) is 0 Å². The average Bonchev–Trinajstić information content (AvgIpc) is 2.11. The first-order valence-electron chi connectivity index (χ1n) is 4.32. The van der Waals surface area contributed by atoms with Crippen LogP contribution in [0.25, 0.3) is 0 Å². The van der Waals surface area contributed by atoms with Gasteiger partial charge in [-0.15, -0.1) is 11.8 Å². The summed E-state index contributed by atoms with van der Waals surface area (Å²) < 4.78 is 0. The highest BCUT2D eigenvalue weighted by Crippen LogP contribution is 2.30. The van der Waals surface area contributed by atoms with Crippen molar-refractivity contribution >= 4 is 35.0 Å². The maximum absolute atomic E-state index is 6.00. The maximum Gasteiger partial charge on any atom is 0.0542 e. The van der Waals surface area contributed by atoms with Crippen molar-refractivity contribution in [1.82, 2.24) is 0 Å². The lowest BCUT2D eigenvalue weighted by Crippen LogP contribution is -1.79. The van der Waals surface area contributed by atoms with Gasteiger partial charge in [0.2, 0.25) is 0 Å². The first kappa shape index (κ1) is 11.2. The molecule has 1 rings (SSSR count). The smallest absolute Gasteiger partial charge is 0.0542 e. The van der Waals surface area contributed by atoms with Crippen LogP contribution < -0.4 is 0 Å². The van der Waals surface area contributed by atoms with Crippen LogP contribution >= 0.6 is 35.0 Å². The van der Waals surface area contributed by atoms with Crippen LogP contribution in [0.1, 0.15) is 19.8 Å². The molecule has 72 valence electrons. The van der Waals surface area contributed by atoms with Crippen LogP contribution in [0.15, 0.2) is 23.1 Å². The fourth-order valence-electron chi connectivity index (χ4n) is 0.914. The van der Waals surface area contributed by atoms with E-state index < -0.39 is 0 Å². The Hall–Kier alpha value is 0.150. The molecule has 0 radical (unpaired) electrons. The highest BCUT2D eigenvalue weighted by molar-refractivity contribution is 7.99. The maximum atomic E-state index is 6.00. The van der Waals surface area contributed by atoms with Gasteiger partial charge in [0.15, 0.2) is 0 Å². The predicted molar refractivity (Wildman–Crippen MR) is 62.1 cm³/mol. The molecule has 0 aromatic heterocycles. The molecule has 0 spiro atoms. The van der Waals surface area contributed by atoms with Crippen LogP contribution in [0.4, 0.5) is 0 Å². The molecule has 0 nitrogen and oxygen atoms in total. The van der Waals surface area contributed by atoms with E-state index in [9.17, 15) is 0 Å². The van der Waals surface area contributed by atoms with Crippen molar-refractivity contribution in [2.75, 3.05) is 5.75 Å². The molecule has 1 aromatic carbocycles. The second kappa shape index (κ2) is 5.79. The molecular formula is C10H12Cl2S. The third-order valence-electron chi connectivity index (χ3n) is 1.65. The zero-order chi connectivity index (χ0) is 9.68. The number of rotatable bonds is 4. The van der Waals surface area contributed by atoms with Gasteiger partial charge in [0, 0.05) is 9.92 Å². The third-order valence-corrected chi connectivity index (χ3v) is 3.47. The van der Waals surface area contributed by atoms with Crippen LogP contribution in [0.3, 0.4) is 0 Å². The van der Waals surface area contributed by atoms with E-state index in [1.54, 1.807) is 11.8 Å². The first-order chi connectivity index (χ1) is 6.24. The fraction of sp³-hybridized carbons (Fsp3) is 0.400. The summed E-state index contributed by atoms with van der Waals surface area (Å²) in [6, 6.07) is 5.58. The quantitative estimate of drug-likeness (QED) is 0.529. The van der Waals surface area contributed by atoms with Gasteiger partial charge in [0.25, 0.3) is 0 Å². The highest BCUT2D eigenvalue weighted by atomic mass is 35.5. The lowest BCUT2D eigenvalue weighted by molar-refractivity contribution is 0.896. The summed E-state index contributed by atoms with van der Waals surface area (Å²) in [6.07, 6.45) is 2.43. The van der Waals surface area contributed by atoms with Crippen molar-refractivity contribution in [3.8, 4) is 0 Å². The molecule has 0 saturated carbocycles. The molecule has 0 amide bonds. The molecule has 13 heavy (non-hydrogen) atoms. The van der Waals surface area contributed by atoms with Crippen molar-refractivity contribution in [2.24, 2.45) is 0 Å². The second-order valence-electron chi connectivity index (χ2n) is 2.78. The van der Waals surface area contributed by atoms with Crippen LogP contribution in [-0.2, 0) is 0 Å². The summed E-state index contributed by atoms with van der Waals surface area (Å²) in [5, 5.41) is 1.55. The average molecular weight is 235 g/mol. The van der Waals surface area contributed by atoms with Crippen molar-refractivity contribution in [3.63, 3.8) is 0 Å². The van der Waals surface area contributed by atoms with Crippen LogP contribution in [0.2, 0.25) is 10.0 Å². The number of hydrogen-bond acceptors (Lipinski definition) is 1. The van der Waals surface area contributed by atoms with Gasteiger partial charge in [-0.05, 0) is 30.4 Å². The van der Waals surface area contributed by atoms with E-state index >= 15 is 0 Å². The molecule has 1 aromatic rings. The van der Waals surface area contributed by atoms with E-state index in [1.165, 1.54) is 12.8 Å². The number of benzene rings is 1. The van der Waals surface area contributed by atoms with E-state index in [0.29, 0.717) is 0 Å². The zero-order valence-electron chi connectivity index (χ0n) is 7.52. The van der Waals surface area contributed by atoms with Crippen molar-refractivity contribution < 1.29 is 0 Å². The monoisotopic (exact) mass is 234 g/mol. The Labute approximate surface area is 93.6 Å². The summed E-state index contributed by atoms with van der Waals surface area (Å²) >= 11 is 13.6. The fourth-order valence-corrected chi connectivity index (χ4v) is 2.50. The van der Waals surface area contributed by atoms with Gasteiger partial charge >= 0.3 is 0 Å². The standard InChI is InChI=1S/C10H12Cl2S/c1-2-3-6-13-10-7-8(11)4-5-9(10)12/h4-5,7H,2-3,6H2,1H3. The van der Waals surface area contributed by atoms with Crippen LogP contribution in [-0.4, -0.2) is 5.75 Å². The predicted octanol–water partition coefficient (Wildman–Crippen LogP) is 4.89. The number of thioether (sulfide) groups is 1. The minimum Gasteiger partial charge on any atom is -0.125 e. The Bertz CT molecular complexity index is 274. The van der Waals surface area contributed by atoms with Gasteiger partial charge < -0.3 is 0 Å². The molecule has 0 aliphatic heterocycles. The van der Waals surface area contributed by atoms with Gasteiger partial charge in [-0.3, -0.25) is 0 Å². The molecule has 0 unspecified atom stereocenters. The minimum absolute atomic E-state index is 0.753. The van der Waals surface area contributed by atoms with E-state index in [2.05, 4.69) is 6.92 Å². The van der Waals surface area contributed by atoms with Gasteiger partial charge in [-0.25, -0.2) is 0 Å². The summed E-state index contributed by atoms with van der Waals surface area (Å²) in [5.41, 5.74) is 0. The van der Waals surface area contributed by atoms with Gasteiger partial charge in [0.1, 0.15) is 0 Å². The Morgan fingerprint density at radius 1 is 1.31 bits per heavy atom. The van der Waals surface area contributed by atoms with Crippen molar-refractivity contribution in [1.29, 1.82) is 0 Å². The molecule has 0 atom stereocenters. The highest BCUT2D eigenvalue weighted by Gasteiger charge is 2.00. The van der Waals surface area contributed by atoms with Crippen molar-refractivity contribution in [2.45, 2.75) is 24.7 Å². The second-order valence-corrected chi connectivity index (χ2v) is 4.76. The number of unbranched alkanes of at least 4 members (excludes halogenated alkanes) is 1. The molecule has 0 N–H and O–H groups in total. The minimum atomic E-state index is 0.753. The van der Waals surface area contributed by atoms with Gasteiger partial charge in [-0.2, -0.15) is 0 Å². The Balaban J connectivity index is 2.59. The normalized spacial score (nSPS) is 10.4. The lowest BCUT2D eigenvalue weighted by Gasteiger charge is -2.03. The van der Waals surface area contributed by atoms with E-state index in [4.69, 9.17) is 23.2 Å². The summed E-state index contributed by atoms with van der Waals surface area (Å²) in [4.78, 5) is 1.09. The van der Waals surface area contributed by atoms with E-state index in [0.717, 1.165) is 20.7 Å². The molecule has 0 heterocycles. The van der Waals surface area contributed by atoms with Crippen LogP contribution in [0.5, 0.6) is 0 Å². The largest absolute Gasteiger partial charge is 0.125 e. The number of halogens is 2. The molecule has 3 heteroatoms. The van der Waals surface area contributed by atoms with E-state index in [1.807, 2.05) is 18.2 Å². The Morgan fingerprint density at radius 3 is 2.77 bits per heavy atom. The summed E-state index contributed by atoms with van der Waals surface area (Å²) in [6.45, 7) is 2.18. The summed E-state index contributed by atoms with van der Waals surface area (Å²) in [7, 11) is 0. The molecular weight excluding hydrogens is 223 g/mol. The van der Waals surface area contributed by atoms with Gasteiger partial charge in [0.05, 0.1) is 5.02 Å². The zero-order valence-corrected chi connectivity index (χ0v) is 9.85. The van der Waals surface area contributed by atoms with Crippen molar-refractivity contribution in [3.05, 3.63) is 28.2 Å². The first-order valence-corrected chi connectivity index (χ1v) is 6.06. The number of hydrogen-bond donors (Lipinski definition) is 0. The molecule has 0 bridgehead atoms. The molecule has 0 fully saturated rings.